The molecule has 22 heavy (non-hydrogen) atoms. The molecule has 0 aromatic heterocycles. The Morgan fingerprint density at radius 2 is 2.14 bits per heavy atom. The van der Waals surface area contributed by atoms with Crippen LogP contribution in [0.5, 0.6) is 0 Å². The molecule has 0 aromatic carbocycles. The lowest BCUT2D eigenvalue weighted by Crippen LogP contribution is -2.57. The van der Waals surface area contributed by atoms with Gasteiger partial charge in [-0.15, -0.1) is 6.42 Å². The minimum Gasteiger partial charge on any atom is -0.369 e. The summed E-state index contributed by atoms with van der Waals surface area (Å²) < 4.78 is 16.9. The highest BCUT2D eigenvalue weighted by molar-refractivity contribution is 5.82. The number of ether oxygens (including phenoxy) is 3. The van der Waals surface area contributed by atoms with E-state index in [1.54, 1.807) is 19.1 Å². The van der Waals surface area contributed by atoms with Crippen molar-refractivity contribution in [1.29, 1.82) is 0 Å². The number of carbonyl (C=O) groups is 1. The third kappa shape index (κ3) is 2.74. The van der Waals surface area contributed by atoms with Crippen LogP contribution in [-0.2, 0) is 19.0 Å². The van der Waals surface area contributed by atoms with Crippen LogP contribution >= 0.6 is 0 Å². The first-order valence-corrected chi connectivity index (χ1v) is 7.64. The predicted molar refractivity (Wildman–Crippen MR) is 81.7 cm³/mol. The molecule has 1 amide bonds. The molecular formula is C16H26N2O4. The first-order valence-electron chi connectivity index (χ1n) is 7.64. The molecule has 2 rings (SSSR count). The van der Waals surface area contributed by atoms with Gasteiger partial charge in [-0.05, 0) is 12.3 Å². The van der Waals surface area contributed by atoms with Crippen molar-refractivity contribution in [2.75, 3.05) is 27.4 Å². The second kappa shape index (κ2) is 6.55. The quantitative estimate of drug-likeness (QED) is 0.580. The monoisotopic (exact) mass is 310 g/mol. The summed E-state index contributed by atoms with van der Waals surface area (Å²) in [6.45, 7) is 4.75. The number of nitrogens with zero attached hydrogens (tertiary/aromatic N) is 1. The topological polar surface area (TPSA) is 74.0 Å². The first-order chi connectivity index (χ1) is 10.4. The van der Waals surface area contributed by atoms with E-state index in [4.69, 9.17) is 26.4 Å². The molecule has 2 heterocycles. The van der Waals surface area contributed by atoms with Crippen molar-refractivity contribution >= 4 is 5.91 Å². The van der Waals surface area contributed by atoms with Crippen LogP contribution in [-0.4, -0.2) is 62.2 Å². The van der Waals surface area contributed by atoms with Crippen LogP contribution in [0.2, 0.25) is 0 Å². The fourth-order valence-electron chi connectivity index (χ4n) is 3.46. The summed E-state index contributed by atoms with van der Waals surface area (Å²) in [5.41, 5.74) is 6.07. The third-order valence-electron chi connectivity index (χ3n) is 4.60. The lowest BCUT2D eigenvalue weighted by molar-refractivity contribution is -0.227. The predicted octanol–water partition coefficient (Wildman–Crippen LogP) is 0.208. The van der Waals surface area contributed by atoms with E-state index < -0.39 is 11.8 Å². The van der Waals surface area contributed by atoms with Crippen molar-refractivity contribution < 1.29 is 19.0 Å². The van der Waals surface area contributed by atoms with Crippen molar-refractivity contribution in [2.24, 2.45) is 17.6 Å². The highest BCUT2D eigenvalue weighted by atomic mass is 16.7. The van der Waals surface area contributed by atoms with E-state index in [9.17, 15) is 4.79 Å². The zero-order valence-corrected chi connectivity index (χ0v) is 13.7. The summed E-state index contributed by atoms with van der Waals surface area (Å²) in [6.07, 6.45) is 5.95. The number of hydrogen-bond donors (Lipinski definition) is 1. The molecule has 0 unspecified atom stereocenters. The van der Waals surface area contributed by atoms with Gasteiger partial charge in [0.05, 0.1) is 18.1 Å². The van der Waals surface area contributed by atoms with Crippen molar-refractivity contribution in [3.05, 3.63) is 0 Å². The average molecular weight is 310 g/mol. The van der Waals surface area contributed by atoms with Gasteiger partial charge in [0.15, 0.2) is 0 Å². The van der Waals surface area contributed by atoms with Gasteiger partial charge in [-0.2, -0.15) is 0 Å². The van der Waals surface area contributed by atoms with Gasteiger partial charge in [-0.25, -0.2) is 0 Å². The number of carbonyl (C=O) groups excluding carboxylic acids is 1. The number of rotatable bonds is 5. The Labute approximate surface area is 132 Å². The van der Waals surface area contributed by atoms with Crippen molar-refractivity contribution in [3.8, 4) is 12.3 Å². The molecule has 6 heteroatoms. The number of nitrogens with two attached hydrogens (primary N) is 1. The maximum absolute atomic E-state index is 12.8. The molecule has 2 fully saturated rings. The molecule has 0 bridgehead atoms. The molecule has 4 atom stereocenters. The van der Waals surface area contributed by atoms with E-state index in [-0.39, 0.29) is 30.6 Å². The van der Waals surface area contributed by atoms with E-state index in [0.29, 0.717) is 18.9 Å². The molecule has 6 nitrogen and oxygen atoms in total. The van der Waals surface area contributed by atoms with Gasteiger partial charge >= 0.3 is 0 Å². The van der Waals surface area contributed by atoms with Crippen LogP contribution in [0.15, 0.2) is 0 Å². The van der Waals surface area contributed by atoms with Crippen LogP contribution in [0, 0.1) is 24.2 Å². The molecule has 2 aliphatic heterocycles. The molecule has 0 aromatic rings. The highest BCUT2D eigenvalue weighted by Crippen LogP contribution is 2.41. The Morgan fingerprint density at radius 3 is 2.64 bits per heavy atom. The summed E-state index contributed by atoms with van der Waals surface area (Å²) >= 11 is 0. The largest absolute Gasteiger partial charge is 0.369 e. The lowest BCUT2D eigenvalue weighted by atomic mass is 9.99. The smallest absolute Gasteiger partial charge is 0.240 e. The van der Waals surface area contributed by atoms with Gasteiger partial charge < -0.3 is 24.8 Å². The Balaban J connectivity index is 2.26. The molecule has 0 aliphatic carbocycles. The number of terminal acetylenes is 1. The summed E-state index contributed by atoms with van der Waals surface area (Å²) in [6, 6.07) is -0.918. The summed E-state index contributed by atoms with van der Waals surface area (Å²) in [5, 5.41) is 0. The SMILES string of the molecule is C#C[C@@H]1CN(C(=O)[C@@H](N)CC(C)C)[C@H]2[C@@H]1OCC2(OC)OC. The summed E-state index contributed by atoms with van der Waals surface area (Å²) in [4.78, 5) is 14.5. The molecule has 124 valence electrons. The first kappa shape index (κ1) is 17.2. The number of amides is 1. The zero-order valence-electron chi connectivity index (χ0n) is 13.7. The number of methoxy groups -OCH3 is 2. The molecule has 0 spiro atoms. The van der Waals surface area contributed by atoms with Gasteiger partial charge in [-0.1, -0.05) is 19.8 Å². The van der Waals surface area contributed by atoms with Crippen LogP contribution in [0.4, 0.5) is 0 Å². The van der Waals surface area contributed by atoms with Gasteiger partial charge in [-0.3, -0.25) is 4.79 Å². The van der Waals surface area contributed by atoms with E-state index >= 15 is 0 Å². The van der Waals surface area contributed by atoms with Gasteiger partial charge in [0.1, 0.15) is 12.6 Å². The highest BCUT2D eigenvalue weighted by Gasteiger charge is 2.61. The van der Waals surface area contributed by atoms with Gasteiger partial charge in [0.2, 0.25) is 11.7 Å². The Kier molecular flexibility index (Phi) is 5.13. The maximum Gasteiger partial charge on any atom is 0.240 e. The Morgan fingerprint density at radius 1 is 1.50 bits per heavy atom. The number of likely N-dealkylation sites (tertiary alicyclic amines) is 1. The lowest BCUT2D eigenvalue weighted by Gasteiger charge is -2.36. The van der Waals surface area contributed by atoms with E-state index in [0.717, 1.165) is 0 Å². The van der Waals surface area contributed by atoms with Crippen molar-refractivity contribution in [2.45, 2.75) is 44.2 Å². The fraction of sp³-hybridized carbons (Fsp3) is 0.812. The number of fused-ring (bicyclic) bond motifs is 1. The maximum atomic E-state index is 12.8. The van der Waals surface area contributed by atoms with E-state index in [1.165, 1.54) is 0 Å². The molecule has 2 N–H and O–H groups in total. The van der Waals surface area contributed by atoms with Crippen LogP contribution in [0.25, 0.3) is 0 Å². The summed E-state index contributed by atoms with van der Waals surface area (Å²) in [5.74, 6) is 1.78. The van der Waals surface area contributed by atoms with Gasteiger partial charge in [0.25, 0.3) is 0 Å². The third-order valence-corrected chi connectivity index (χ3v) is 4.60. The zero-order chi connectivity index (χ0) is 16.5. The molecule has 0 radical (unpaired) electrons. The van der Waals surface area contributed by atoms with Crippen molar-refractivity contribution in [1.82, 2.24) is 4.90 Å². The van der Waals surface area contributed by atoms with Crippen molar-refractivity contribution in [3.63, 3.8) is 0 Å². The van der Waals surface area contributed by atoms with Crippen LogP contribution < -0.4 is 5.73 Å². The second-order valence-corrected chi connectivity index (χ2v) is 6.44. The normalized spacial score (nSPS) is 31.1. The van der Waals surface area contributed by atoms with E-state index in [2.05, 4.69) is 5.92 Å². The van der Waals surface area contributed by atoms with E-state index in [1.807, 2.05) is 13.8 Å². The minimum absolute atomic E-state index is 0.120. The fourth-order valence-corrected chi connectivity index (χ4v) is 3.46. The standard InChI is InChI=1S/C16H26N2O4/c1-6-11-8-18(15(19)12(17)7-10(2)3)14-13(11)22-9-16(14,20-4)21-5/h1,10-14H,7-9,17H2,2-5H3/t11-,12+,13-,14+/m1/s1. The van der Waals surface area contributed by atoms with Crippen LogP contribution in [0.1, 0.15) is 20.3 Å². The molecular weight excluding hydrogens is 284 g/mol. The van der Waals surface area contributed by atoms with Gasteiger partial charge in [0, 0.05) is 20.8 Å². The Hall–Kier alpha value is -1.13. The Bertz CT molecular complexity index is 456. The van der Waals surface area contributed by atoms with Crippen LogP contribution in [0.3, 0.4) is 0 Å². The molecule has 2 aliphatic rings. The summed E-state index contributed by atoms with van der Waals surface area (Å²) in [7, 11) is 3.10. The molecule has 2 saturated heterocycles. The average Bonchev–Trinajstić information content (AvgIpc) is 3.04. The molecule has 0 saturated carbocycles. The minimum atomic E-state index is -0.983. The number of hydrogen-bond acceptors (Lipinski definition) is 5. The second-order valence-electron chi connectivity index (χ2n) is 6.44.